The van der Waals surface area contributed by atoms with Gasteiger partial charge in [-0.2, -0.15) is 0 Å². The van der Waals surface area contributed by atoms with Gasteiger partial charge in [-0.25, -0.2) is 0 Å². The molecular weight excluding hydrogens is 267 g/mol. The van der Waals surface area contributed by atoms with E-state index in [4.69, 9.17) is 4.74 Å². The quantitative estimate of drug-likeness (QED) is 0.450. The predicted octanol–water partition coefficient (Wildman–Crippen LogP) is 2.99. The van der Waals surface area contributed by atoms with Gasteiger partial charge in [0, 0.05) is 6.42 Å². The van der Waals surface area contributed by atoms with Gasteiger partial charge in [-0.05, 0) is 34.4 Å². The molecule has 0 N–H and O–H groups in total. The first kappa shape index (κ1) is 12.2. The van der Waals surface area contributed by atoms with Gasteiger partial charge < -0.3 is 4.74 Å². The number of ether oxygens (including phenoxy) is 1. The number of esters is 1. The summed E-state index contributed by atoms with van der Waals surface area (Å²) in [5, 5.41) is 0. The van der Waals surface area contributed by atoms with Crippen molar-refractivity contribution in [1.82, 2.24) is 0 Å². The van der Waals surface area contributed by atoms with E-state index < -0.39 is 0 Å². The SMILES string of the molecule is CC(C)CC(=O)OC(I)C(C)C. The summed E-state index contributed by atoms with van der Waals surface area (Å²) >= 11 is 2.15. The van der Waals surface area contributed by atoms with Crippen molar-refractivity contribution in [3.63, 3.8) is 0 Å². The Labute approximate surface area is 88.2 Å². The maximum atomic E-state index is 11.1. The fraction of sp³-hybridized carbons (Fsp3) is 0.889. The van der Waals surface area contributed by atoms with E-state index in [1.165, 1.54) is 0 Å². The standard InChI is InChI=1S/C9H17IO2/c1-6(2)5-8(11)12-9(10)7(3)4/h6-7,9H,5H2,1-4H3. The molecule has 0 amide bonds. The highest BCUT2D eigenvalue weighted by atomic mass is 127. The first-order chi connectivity index (χ1) is 5.43. The molecule has 0 fully saturated rings. The van der Waals surface area contributed by atoms with Gasteiger partial charge in [-0.15, -0.1) is 0 Å². The highest BCUT2D eigenvalue weighted by Crippen LogP contribution is 2.15. The number of carbonyl (C=O) groups excluding carboxylic acids is 1. The largest absolute Gasteiger partial charge is 0.451 e. The third kappa shape index (κ3) is 5.80. The van der Waals surface area contributed by atoms with E-state index in [0.717, 1.165) is 0 Å². The Morgan fingerprint density at radius 1 is 1.33 bits per heavy atom. The number of alkyl halides is 1. The lowest BCUT2D eigenvalue weighted by Gasteiger charge is -2.15. The first-order valence-corrected chi connectivity index (χ1v) is 5.51. The van der Waals surface area contributed by atoms with Gasteiger partial charge >= 0.3 is 5.97 Å². The molecule has 2 nitrogen and oxygen atoms in total. The summed E-state index contributed by atoms with van der Waals surface area (Å²) in [5.41, 5.74) is 0. The second kappa shape index (κ2) is 5.78. The Bertz CT molecular complexity index is 143. The third-order valence-corrected chi connectivity index (χ3v) is 3.04. The molecule has 0 spiro atoms. The van der Waals surface area contributed by atoms with Crippen molar-refractivity contribution in [2.75, 3.05) is 0 Å². The van der Waals surface area contributed by atoms with E-state index >= 15 is 0 Å². The Kier molecular flexibility index (Phi) is 5.88. The number of hydrogen-bond donors (Lipinski definition) is 0. The number of rotatable bonds is 4. The van der Waals surface area contributed by atoms with Crippen LogP contribution in [0.15, 0.2) is 0 Å². The molecule has 0 aromatic carbocycles. The summed E-state index contributed by atoms with van der Waals surface area (Å²) in [6.07, 6.45) is 0.520. The zero-order valence-corrected chi connectivity index (χ0v) is 10.3. The highest BCUT2D eigenvalue weighted by Gasteiger charge is 2.14. The van der Waals surface area contributed by atoms with Gasteiger partial charge in [0.25, 0.3) is 0 Å². The molecule has 0 heterocycles. The van der Waals surface area contributed by atoms with Gasteiger partial charge in [0.05, 0.1) is 0 Å². The van der Waals surface area contributed by atoms with E-state index in [2.05, 4.69) is 22.6 Å². The molecule has 0 saturated heterocycles. The fourth-order valence-electron chi connectivity index (χ4n) is 0.643. The molecule has 0 aliphatic carbocycles. The summed E-state index contributed by atoms with van der Waals surface area (Å²) in [7, 11) is 0. The van der Waals surface area contributed by atoms with Crippen LogP contribution in [0.2, 0.25) is 0 Å². The zero-order chi connectivity index (χ0) is 9.72. The van der Waals surface area contributed by atoms with Crippen molar-refractivity contribution < 1.29 is 9.53 Å². The molecule has 3 heteroatoms. The number of carbonyl (C=O) groups is 1. The molecule has 1 atom stereocenters. The fourth-order valence-corrected chi connectivity index (χ4v) is 0.927. The van der Waals surface area contributed by atoms with Gasteiger partial charge in [-0.3, -0.25) is 4.79 Å². The summed E-state index contributed by atoms with van der Waals surface area (Å²) in [4.78, 5) is 11.1. The van der Waals surface area contributed by atoms with Gasteiger partial charge in [0.15, 0.2) is 4.11 Å². The molecule has 0 aliphatic rings. The third-order valence-electron chi connectivity index (χ3n) is 1.34. The summed E-state index contributed by atoms with van der Waals surface area (Å²) in [6.45, 7) is 8.11. The van der Waals surface area contributed by atoms with Gasteiger partial charge in [0.1, 0.15) is 0 Å². The molecular formula is C9H17IO2. The second-order valence-corrected chi connectivity index (χ2v) is 4.91. The van der Waals surface area contributed by atoms with Crippen molar-refractivity contribution in [2.24, 2.45) is 11.8 Å². The van der Waals surface area contributed by atoms with E-state index in [-0.39, 0.29) is 10.1 Å². The molecule has 0 aromatic rings. The summed E-state index contributed by atoms with van der Waals surface area (Å²) < 4.78 is 5.18. The first-order valence-electron chi connectivity index (χ1n) is 4.27. The lowest BCUT2D eigenvalue weighted by atomic mass is 10.1. The van der Waals surface area contributed by atoms with Crippen LogP contribution in [0.1, 0.15) is 34.1 Å². The lowest BCUT2D eigenvalue weighted by Crippen LogP contribution is -2.18. The minimum Gasteiger partial charge on any atom is -0.451 e. The van der Waals surface area contributed by atoms with Crippen LogP contribution < -0.4 is 0 Å². The summed E-state index contributed by atoms with van der Waals surface area (Å²) in [6, 6.07) is 0. The normalized spacial score (nSPS) is 13.6. The Morgan fingerprint density at radius 2 is 1.83 bits per heavy atom. The second-order valence-electron chi connectivity index (χ2n) is 3.68. The van der Waals surface area contributed by atoms with Crippen molar-refractivity contribution in [2.45, 2.75) is 38.2 Å². The van der Waals surface area contributed by atoms with E-state index in [1.807, 2.05) is 27.7 Å². The average Bonchev–Trinajstić information content (AvgIpc) is 1.84. The molecule has 1 unspecified atom stereocenters. The molecule has 0 radical (unpaired) electrons. The minimum atomic E-state index is -0.0851. The molecule has 12 heavy (non-hydrogen) atoms. The maximum Gasteiger partial charge on any atom is 0.307 e. The van der Waals surface area contributed by atoms with Crippen LogP contribution in [-0.2, 0) is 9.53 Å². The molecule has 0 aromatic heterocycles. The minimum absolute atomic E-state index is 0.00819. The van der Waals surface area contributed by atoms with Gasteiger partial charge in [-0.1, -0.05) is 27.7 Å². The van der Waals surface area contributed by atoms with Crippen molar-refractivity contribution >= 4 is 28.6 Å². The van der Waals surface area contributed by atoms with Crippen LogP contribution in [0, 0.1) is 11.8 Å². The Balaban J connectivity index is 3.69. The molecule has 0 aliphatic heterocycles. The number of hydrogen-bond acceptors (Lipinski definition) is 2. The number of halogens is 1. The van der Waals surface area contributed by atoms with Gasteiger partial charge in [0.2, 0.25) is 0 Å². The van der Waals surface area contributed by atoms with E-state index in [9.17, 15) is 4.79 Å². The maximum absolute atomic E-state index is 11.1. The van der Waals surface area contributed by atoms with Crippen LogP contribution in [0.25, 0.3) is 0 Å². The van der Waals surface area contributed by atoms with Crippen LogP contribution >= 0.6 is 22.6 Å². The average molecular weight is 284 g/mol. The van der Waals surface area contributed by atoms with Crippen LogP contribution in [0.5, 0.6) is 0 Å². The van der Waals surface area contributed by atoms with Crippen LogP contribution in [-0.4, -0.2) is 10.1 Å². The molecule has 0 bridgehead atoms. The van der Waals surface area contributed by atoms with E-state index in [1.54, 1.807) is 0 Å². The van der Waals surface area contributed by atoms with Crippen molar-refractivity contribution in [1.29, 1.82) is 0 Å². The van der Waals surface area contributed by atoms with Crippen LogP contribution in [0.4, 0.5) is 0 Å². The zero-order valence-electron chi connectivity index (χ0n) is 8.13. The molecule has 0 rings (SSSR count). The van der Waals surface area contributed by atoms with Crippen LogP contribution in [0.3, 0.4) is 0 Å². The lowest BCUT2D eigenvalue weighted by molar-refractivity contribution is -0.146. The topological polar surface area (TPSA) is 26.3 Å². The smallest absolute Gasteiger partial charge is 0.307 e. The predicted molar refractivity (Wildman–Crippen MR) is 58.2 cm³/mol. The molecule has 0 saturated carbocycles. The van der Waals surface area contributed by atoms with E-state index in [0.29, 0.717) is 18.3 Å². The Morgan fingerprint density at radius 3 is 2.17 bits per heavy atom. The molecule has 72 valence electrons. The monoisotopic (exact) mass is 284 g/mol. The van der Waals surface area contributed by atoms with Crippen molar-refractivity contribution in [3.05, 3.63) is 0 Å². The highest BCUT2D eigenvalue weighted by molar-refractivity contribution is 14.1. The Hall–Kier alpha value is 0.200. The summed E-state index contributed by atoms with van der Waals surface area (Å²) in [5.74, 6) is 0.688. The van der Waals surface area contributed by atoms with Crippen molar-refractivity contribution in [3.8, 4) is 0 Å².